The molecule has 43 heavy (non-hydrogen) atoms. The molecular weight excluding hydrogens is 548 g/mol. The van der Waals surface area contributed by atoms with Crippen molar-refractivity contribution in [3.8, 4) is 23.0 Å². The Kier molecular flexibility index (Phi) is 9.28. The maximum Gasteiger partial charge on any atom is 0.430 e. The summed E-state index contributed by atoms with van der Waals surface area (Å²) in [6.07, 6.45) is 4.17. The fraction of sp³-hybridized carbons (Fsp3) is 0.152. The van der Waals surface area contributed by atoms with Crippen molar-refractivity contribution in [2.75, 3.05) is 11.4 Å². The van der Waals surface area contributed by atoms with Gasteiger partial charge in [-0.05, 0) is 61.0 Å². The first-order valence-electron chi connectivity index (χ1n) is 13.9. The normalized spacial score (nSPS) is 10.6. The molecule has 0 aliphatic rings. The standard InChI is InChI=1S/C33H30N4O6/c1-2-3-10-19-35-31(38)36-21-18-24-22-27(15-16-29(24)36)41-28-17-20-34-30(23-28)37(32(39)42-25-11-6-4-7-12-25)33(40)43-26-13-8-5-9-14-26/h4-9,11-18,20-23H,2-3,10,19H2,1H3,(H,35,38). The lowest BCUT2D eigenvalue weighted by Gasteiger charge is -2.19. The molecule has 5 aromatic rings. The fourth-order valence-electron chi connectivity index (χ4n) is 4.27. The lowest BCUT2D eigenvalue weighted by Crippen LogP contribution is -2.41. The van der Waals surface area contributed by atoms with Crippen LogP contribution in [0.1, 0.15) is 26.2 Å². The number of unbranched alkanes of at least 4 members (excludes halogenated alkanes) is 2. The van der Waals surface area contributed by atoms with Crippen molar-refractivity contribution in [2.45, 2.75) is 26.2 Å². The number of nitrogens with zero attached hydrogens (tertiary/aromatic N) is 3. The second-order valence-corrected chi connectivity index (χ2v) is 9.49. The molecule has 0 spiro atoms. The maximum atomic E-state index is 13.2. The topological polar surface area (TPSA) is 112 Å². The van der Waals surface area contributed by atoms with Crippen molar-refractivity contribution in [3.05, 3.63) is 109 Å². The number of fused-ring (bicyclic) bond motifs is 1. The van der Waals surface area contributed by atoms with E-state index in [-0.39, 0.29) is 23.3 Å². The summed E-state index contributed by atoms with van der Waals surface area (Å²) in [4.78, 5) is 43.9. The molecule has 1 N–H and O–H groups in total. The minimum Gasteiger partial charge on any atom is -0.457 e. The van der Waals surface area contributed by atoms with Crippen LogP contribution in [0.25, 0.3) is 10.9 Å². The van der Waals surface area contributed by atoms with Gasteiger partial charge >= 0.3 is 18.2 Å². The summed E-state index contributed by atoms with van der Waals surface area (Å²) in [5.41, 5.74) is 0.731. The maximum absolute atomic E-state index is 13.2. The zero-order valence-corrected chi connectivity index (χ0v) is 23.5. The second-order valence-electron chi connectivity index (χ2n) is 9.49. The molecule has 3 amide bonds. The monoisotopic (exact) mass is 578 g/mol. The summed E-state index contributed by atoms with van der Waals surface area (Å²) in [6, 6.07) is 26.7. The first-order chi connectivity index (χ1) is 21.0. The van der Waals surface area contributed by atoms with Gasteiger partial charge in [-0.1, -0.05) is 56.2 Å². The Balaban J connectivity index is 1.36. The first kappa shape index (κ1) is 28.9. The highest BCUT2D eigenvalue weighted by Crippen LogP contribution is 2.29. The predicted molar refractivity (Wildman–Crippen MR) is 162 cm³/mol. The average Bonchev–Trinajstić information content (AvgIpc) is 3.44. The summed E-state index contributed by atoms with van der Waals surface area (Å²) in [5, 5.41) is 3.74. The molecule has 0 aliphatic heterocycles. The van der Waals surface area contributed by atoms with Crippen molar-refractivity contribution in [3.63, 3.8) is 0 Å². The van der Waals surface area contributed by atoms with E-state index in [9.17, 15) is 14.4 Å². The molecule has 0 atom stereocenters. The Morgan fingerprint density at radius 1 is 0.767 bits per heavy atom. The minimum atomic E-state index is -1.01. The van der Waals surface area contributed by atoms with Gasteiger partial charge < -0.3 is 19.5 Å². The van der Waals surface area contributed by atoms with E-state index < -0.39 is 12.2 Å². The van der Waals surface area contributed by atoms with E-state index in [1.165, 1.54) is 12.3 Å². The lowest BCUT2D eigenvalue weighted by molar-refractivity contribution is 0.190. The zero-order valence-electron chi connectivity index (χ0n) is 23.5. The summed E-state index contributed by atoms with van der Waals surface area (Å²) in [5.74, 6) is 1.21. The molecule has 218 valence electrons. The number of anilines is 1. The minimum absolute atomic E-state index is 0.0636. The Morgan fingerprint density at radius 3 is 2.07 bits per heavy atom. The number of aromatic nitrogens is 2. The first-order valence-corrected chi connectivity index (χ1v) is 13.9. The third kappa shape index (κ3) is 7.36. The van der Waals surface area contributed by atoms with Gasteiger partial charge in [0.1, 0.15) is 23.0 Å². The Morgan fingerprint density at radius 2 is 1.42 bits per heavy atom. The predicted octanol–water partition coefficient (Wildman–Crippen LogP) is 7.78. The molecule has 0 saturated heterocycles. The molecule has 5 rings (SSSR count). The van der Waals surface area contributed by atoms with Crippen molar-refractivity contribution < 1.29 is 28.6 Å². The molecule has 0 unspecified atom stereocenters. The van der Waals surface area contributed by atoms with Crippen LogP contribution in [-0.2, 0) is 0 Å². The number of para-hydroxylation sites is 2. The van der Waals surface area contributed by atoms with Crippen LogP contribution in [0.3, 0.4) is 0 Å². The molecule has 2 aromatic heterocycles. The number of ether oxygens (including phenoxy) is 3. The molecule has 3 aromatic carbocycles. The Bertz CT molecular complexity index is 1650. The van der Waals surface area contributed by atoms with Gasteiger partial charge in [-0.25, -0.2) is 19.4 Å². The smallest absolute Gasteiger partial charge is 0.430 e. The number of benzene rings is 3. The molecule has 10 nitrogen and oxygen atoms in total. The molecule has 0 bridgehead atoms. The number of nitrogens with one attached hydrogen (secondary N) is 1. The van der Waals surface area contributed by atoms with Gasteiger partial charge in [0.2, 0.25) is 0 Å². The number of carbonyl (C=O) groups is 3. The van der Waals surface area contributed by atoms with Gasteiger partial charge in [0.15, 0.2) is 5.82 Å². The summed E-state index contributed by atoms with van der Waals surface area (Å²) < 4.78 is 18.5. The number of imide groups is 1. The van der Waals surface area contributed by atoms with Crippen LogP contribution in [0.15, 0.2) is 109 Å². The van der Waals surface area contributed by atoms with Crippen molar-refractivity contribution >= 4 is 34.9 Å². The van der Waals surface area contributed by atoms with Gasteiger partial charge in [0.05, 0.1) is 5.52 Å². The molecule has 0 saturated carbocycles. The summed E-state index contributed by atoms with van der Waals surface area (Å²) in [6.45, 7) is 2.73. The zero-order chi connectivity index (χ0) is 30.0. The van der Waals surface area contributed by atoms with E-state index in [0.29, 0.717) is 22.9 Å². The lowest BCUT2D eigenvalue weighted by atomic mass is 10.2. The van der Waals surface area contributed by atoms with Crippen LogP contribution in [0.4, 0.5) is 20.2 Å². The van der Waals surface area contributed by atoms with Crippen LogP contribution < -0.4 is 24.4 Å². The molecule has 0 aliphatic carbocycles. The van der Waals surface area contributed by atoms with Crippen LogP contribution >= 0.6 is 0 Å². The number of pyridine rings is 1. The average molecular weight is 579 g/mol. The summed E-state index contributed by atoms with van der Waals surface area (Å²) in [7, 11) is 0. The van der Waals surface area contributed by atoms with Gasteiger partial charge in [-0.2, -0.15) is 4.90 Å². The number of amides is 3. The van der Waals surface area contributed by atoms with Gasteiger partial charge in [-0.15, -0.1) is 0 Å². The highest BCUT2D eigenvalue weighted by Gasteiger charge is 2.29. The van der Waals surface area contributed by atoms with E-state index in [4.69, 9.17) is 14.2 Å². The van der Waals surface area contributed by atoms with Crippen LogP contribution in [0, 0.1) is 0 Å². The van der Waals surface area contributed by atoms with Gasteiger partial charge in [-0.3, -0.25) is 4.57 Å². The molecule has 2 heterocycles. The van der Waals surface area contributed by atoms with E-state index in [0.717, 1.165) is 30.2 Å². The van der Waals surface area contributed by atoms with Gasteiger partial charge in [0.25, 0.3) is 0 Å². The molecule has 0 fully saturated rings. The highest BCUT2D eigenvalue weighted by molar-refractivity contribution is 6.09. The molecular formula is C33H30N4O6. The van der Waals surface area contributed by atoms with Gasteiger partial charge in [0, 0.05) is 30.4 Å². The van der Waals surface area contributed by atoms with E-state index >= 15 is 0 Å². The third-order valence-corrected chi connectivity index (χ3v) is 6.38. The van der Waals surface area contributed by atoms with E-state index in [1.807, 2.05) is 6.07 Å². The quantitative estimate of drug-likeness (QED) is 0.178. The van der Waals surface area contributed by atoms with Crippen LogP contribution in [-0.4, -0.2) is 34.3 Å². The number of rotatable bonds is 9. The number of hydrogen-bond donors (Lipinski definition) is 1. The van der Waals surface area contributed by atoms with Crippen LogP contribution in [0.2, 0.25) is 0 Å². The van der Waals surface area contributed by atoms with Crippen molar-refractivity contribution in [1.29, 1.82) is 0 Å². The Labute approximate surface area is 248 Å². The van der Waals surface area contributed by atoms with Crippen molar-refractivity contribution in [1.82, 2.24) is 14.9 Å². The Hall–Kier alpha value is -5.64. The fourth-order valence-corrected chi connectivity index (χ4v) is 4.27. The van der Waals surface area contributed by atoms with Crippen LogP contribution in [0.5, 0.6) is 23.0 Å². The summed E-state index contributed by atoms with van der Waals surface area (Å²) >= 11 is 0. The molecule has 10 heteroatoms. The SMILES string of the molecule is CCCCCNC(=O)n1ccc2cc(Oc3ccnc(N(C(=O)Oc4ccccc4)C(=O)Oc4ccccc4)c3)ccc21. The van der Waals surface area contributed by atoms with E-state index in [2.05, 4.69) is 17.2 Å². The number of hydrogen-bond acceptors (Lipinski definition) is 7. The van der Waals surface area contributed by atoms with E-state index in [1.54, 1.807) is 95.7 Å². The highest BCUT2D eigenvalue weighted by atomic mass is 16.6. The number of carbonyl (C=O) groups excluding carboxylic acids is 3. The van der Waals surface area contributed by atoms with Crippen molar-refractivity contribution in [2.24, 2.45) is 0 Å². The second kappa shape index (κ2) is 13.8. The third-order valence-electron chi connectivity index (χ3n) is 6.38. The largest absolute Gasteiger partial charge is 0.457 e. The molecule has 0 radical (unpaired) electrons.